The standard InChI is InChI=1S/C13H13FN4O/c14-10-4-2-1-3-9(10)13(6-7-13)17-12(19)16-11-5-8-15-18-11/h1-5,8H,6-7H2,(H3,15,16,17,18,19). The average Bonchev–Trinajstić information content (AvgIpc) is 2.97. The lowest BCUT2D eigenvalue weighted by Gasteiger charge is -2.18. The van der Waals surface area contributed by atoms with Crippen molar-refractivity contribution >= 4 is 11.8 Å². The average molecular weight is 260 g/mol. The number of hydrogen-bond acceptors (Lipinski definition) is 2. The first-order valence-corrected chi connectivity index (χ1v) is 6.03. The van der Waals surface area contributed by atoms with Gasteiger partial charge in [0.1, 0.15) is 11.6 Å². The summed E-state index contributed by atoms with van der Waals surface area (Å²) in [7, 11) is 0. The number of rotatable bonds is 3. The molecule has 1 fully saturated rings. The number of carbonyl (C=O) groups is 1. The van der Waals surface area contributed by atoms with Gasteiger partial charge in [0.15, 0.2) is 0 Å². The second-order valence-corrected chi connectivity index (χ2v) is 4.61. The van der Waals surface area contributed by atoms with E-state index in [1.807, 2.05) is 0 Å². The van der Waals surface area contributed by atoms with E-state index in [1.54, 1.807) is 30.5 Å². The molecule has 0 bridgehead atoms. The van der Waals surface area contributed by atoms with Gasteiger partial charge in [0.2, 0.25) is 0 Å². The molecule has 3 rings (SSSR count). The zero-order valence-corrected chi connectivity index (χ0v) is 10.1. The van der Waals surface area contributed by atoms with Gasteiger partial charge in [-0.05, 0) is 18.9 Å². The Labute approximate surface area is 109 Å². The second-order valence-electron chi connectivity index (χ2n) is 4.61. The van der Waals surface area contributed by atoms with Crippen LogP contribution in [0, 0.1) is 5.82 Å². The lowest BCUT2D eigenvalue weighted by Crippen LogP contribution is -2.38. The molecule has 0 atom stereocenters. The zero-order chi connectivity index (χ0) is 13.3. The van der Waals surface area contributed by atoms with Gasteiger partial charge in [-0.25, -0.2) is 9.18 Å². The molecule has 19 heavy (non-hydrogen) atoms. The van der Waals surface area contributed by atoms with Crippen molar-refractivity contribution in [3.63, 3.8) is 0 Å². The van der Waals surface area contributed by atoms with Crippen LogP contribution in [0.25, 0.3) is 0 Å². The lowest BCUT2D eigenvalue weighted by atomic mass is 10.0. The molecule has 0 spiro atoms. The van der Waals surface area contributed by atoms with Crippen LogP contribution in [0.4, 0.5) is 15.0 Å². The largest absolute Gasteiger partial charge is 0.328 e. The number of nitrogens with one attached hydrogen (secondary N) is 3. The first kappa shape index (κ1) is 11.7. The van der Waals surface area contributed by atoms with Crippen LogP contribution in [-0.2, 0) is 5.54 Å². The van der Waals surface area contributed by atoms with Gasteiger partial charge >= 0.3 is 6.03 Å². The van der Waals surface area contributed by atoms with Crippen LogP contribution in [0.2, 0.25) is 0 Å². The van der Waals surface area contributed by atoms with Gasteiger partial charge in [0.25, 0.3) is 0 Å². The summed E-state index contributed by atoms with van der Waals surface area (Å²) < 4.78 is 13.8. The van der Waals surface area contributed by atoms with Gasteiger partial charge in [-0.15, -0.1) is 0 Å². The van der Waals surface area contributed by atoms with Crippen LogP contribution in [0.5, 0.6) is 0 Å². The van der Waals surface area contributed by atoms with E-state index in [9.17, 15) is 9.18 Å². The molecular formula is C13H13FN4O. The Morgan fingerprint density at radius 3 is 2.74 bits per heavy atom. The quantitative estimate of drug-likeness (QED) is 0.792. The van der Waals surface area contributed by atoms with Crippen molar-refractivity contribution in [2.45, 2.75) is 18.4 Å². The summed E-state index contributed by atoms with van der Waals surface area (Å²) in [4.78, 5) is 11.9. The van der Waals surface area contributed by atoms with E-state index in [-0.39, 0.29) is 11.8 Å². The number of benzene rings is 1. The Morgan fingerprint density at radius 2 is 2.11 bits per heavy atom. The Hall–Kier alpha value is -2.37. The molecule has 1 aromatic carbocycles. The number of aromatic nitrogens is 2. The molecule has 98 valence electrons. The van der Waals surface area contributed by atoms with Gasteiger partial charge in [0.05, 0.1) is 11.7 Å². The van der Waals surface area contributed by atoms with E-state index in [0.717, 1.165) is 12.8 Å². The fraction of sp³-hybridized carbons (Fsp3) is 0.231. The zero-order valence-electron chi connectivity index (χ0n) is 10.1. The summed E-state index contributed by atoms with van der Waals surface area (Å²) in [6.07, 6.45) is 3.02. The second kappa shape index (κ2) is 4.38. The molecule has 0 saturated heterocycles. The van der Waals surface area contributed by atoms with Gasteiger partial charge in [-0.2, -0.15) is 5.10 Å². The minimum absolute atomic E-state index is 0.290. The Kier molecular flexibility index (Phi) is 2.70. The van der Waals surface area contributed by atoms with Gasteiger partial charge in [-0.3, -0.25) is 10.4 Å². The molecule has 3 N–H and O–H groups in total. The summed E-state index contributed by atoms with van der Waals surface area (Å²) in [5.74, 6) is 0.212. The number of hydrogen-bond donors (Lipinski definition) is 3. The molecule has 1 aromatic heterocycles. The van der Waals surface area contributed by atoms with Crippen molar-refractivity contribution in [2.75, 3.05) is 5.32 Å². The Bertz CT molecular complexity index is 592. The van der Waals surface area contributed by atoms with Gasteiger partial charge in [-0.1, -0.05) is 18.2 Å². The predicted molar refractivity (Wildman–Crippen MR) is 68.1 cm³/mol. The molecular weight excluding hydrogens is 247 g/mol. The van der Waals surface area contributed by atoms with E-state index in [2.05, 4.69) is 20.8 Å². The molecule has 0 unspecified atom stereocenters. The number of H-pyrrole nitrogens is 1. The molecule has 2 amide bonds. The lowest BCUT2D eigenvalue weighted by molar-refractivity contribution is 0.247. The highest BCUT2D eigenvalue weighted by Gasteiger charge is 2.47. The molecule has 1 aliphatic carbocycles. The van der Waals surface area contributed by atoms with Crippen LogP contribution in [0.1, 0.15) is 18.4 Å². The molecule has 1 aliphatic rings. The summed E-state index contributed by atoms with van der Waals surface area (Å²) in [5, 5.41) is 11.8. The van der Waals surface area contributed by atoms with E-state index in [0.29, 0.717) is 11.4 Å². The van der Waals surface area contributed by atoms with Crippen LogP contribution >= 0.6 is 0 Å². The summed E-state index contributed by atoms with van der Waals surface area (Å²) in [6.45, 7) is 0. The van der Waals surface area contributed by atoms with Gasteiger partial charge < -0.3 is 5.32 Å². The molecule has 0 aliphatic heterocycles. The predicted octanol–water partition coefficient (Wildman–Crippen LogP) is 2.36. The number of aromatic amines is 1. The van der Waals surface area contributed by atoms with Gasteiger partial charge in [0, 0.05) is 11.6 Å². The maximum atomic E-state index is 13.8. The SMILES string of the molecule is O=C(Nc1ccn[nH]1)NC1(c2ccccc2F)CC1. The topological polar surface area (TPSA) is 69.8 Å². The molecule has 0 radical (unpaired) electrons. The fourth-order valence-corrected chi connectivity index (χ4v) is 2.13. The van der Waals surface area contributed by atoms with Crippen molar-refractivity contribution in [3.05, 3.63) is 47.9 Å². The maximum Gasteiger partial charge on any atom is 0.321 e. The van der Waals surface area contributed by atoms with Crippen LogP contribution < -0.4 is 10.6 Å². The molecule has 6 heteroatoms. The van der Waals surface area contributed by atoms with Crippen molar-refractivity contribution < 1.29 is 9.18 Å². The number of carbonyl (C=O) groups excluding carboxylic acids is 1. The van der Waals surface area contributed by atoms with Crippen LogP contribution in [0.15, 0.2) is 36.5 Å². The van der Waals surface area contributed by atoms with Crippen molar-refractivity contribution in [2.24, 2.45) is 0 Å². The Morgan fingerprint density at radius 1 is 1.32 bits per heavy atom. The summed E-state index contributed by atoms with van der Waals surface area (Å²) in [6, 6.07) is 7.79. The molecule has 1 saturated carbocycles. The third-order valence-electron chi connectivity index (χ3n) is 3.24. The third kappa shape index (κ3) is 2.29. The first-order valence-electron chi connectivity index (χ1n) is 6.03. The van der Waals surface area contributed by atoms with Crippen LogP contribution in [0.3, 0.4) is 0 Å². The Balaban J connectivity index is 1.73. The van der Waals surface area contributed by atoms with E-state index in [4.69, 9.17) is 0 Å². The maximum absolute atomic E-state index is 13.8. The van der Waals surface area contributed by atoms with E-state index >= 15 is 0 Å². The summed E-state index contributed by atoms with van der Waals surface area (Å²) >= 11 is 0. The monoisotopic (exact) mass is 260 g/mol. The van der Waals surface area contributed by atoms with E-state index in [1.165, 1.54) is 6.07 Å². The smallest absolute Gasteiger partial charge is 0.321 e. The normalized spacial score (nSPS) is 15.8. The highest BCUT2D eigenvalue weighted by atomic mass is 19.1. The molecule has 5 nitrogen and oxygen atoms in total. The third-order valence-corrected chi connectivity index (χ3v) is 3.24. The number of halogens is 1. The minimum Gasteiger partial charge on any atom is -0.328 e. The molecule has 2 aromatic rings. The number of amides is 2. The molecule has 1 heterocycles. The summed E-state index contributed by atoms with van der Waals surface area (Å²) in [5.41, 5.74) is -0.0371. The van der Waals surface area contributed by atoms with Crippen LogP contribution in [-0.4, -0.2) is 16.2 Å². The number of anilines is 1. The highest BCUT2D eigenvalue weighted by molar-refractivity contribution is 5.89. The number of urea groups is 1. The van der Waals surface area contributed by atoms with Crippen molar-refractivity contribution in [3.8, 4) is 0 Å². The van der Waals surface area contributed by atoms with Crippen molar-refractivity contribution in [1.29, 1.82) is 0 Å². The fourth-order valence-electron chi connectivity index (χ4n) is 2.13. The highest BCUT2D eigenvalue weighted by Crippen LogP contribution is 2.46. The van der Waals surface area contributed by atoms with E-state index < -0.39 is 5.54 Å². The minimum atomic E-state index is -0.574. The number of nitrogens with zero attached hydrogens (tertiary/aromatic N) is 1. The van der Waals surface area contributed by atoms with Crippen molar-refractivity contribution in [1.82, 2.24) is 15.5 Å². The first-order chi connectivity index (χ1) is 9.20.